The van der Waals surface area contributed by atoms with Gasteiger partial charge in [0.1, 0.15) is 16.1 Å². The maximum atomic E-state index is 11.3. The number of nitrogens with one attached hydrogen (secondary N) is 3. The second-order valence-electron chi connectivity index (χ2n) is 3.46. The maximum Gasteiger partial charge on any atom is 0.267 e. The van der Waals surface area contributed by atoms with Crippen molar-refractivity contribution in [3.8, 4) is 0 Å². The minimum absolute atomic E-state index is 0.187. The topological polar surface area (TPSA) is 86.5 Å². The van der Waals surface area contributed by atoms with E-state index in [4.69, 9.17) is 0 Å². The second-order valence-corrected chi connectivity index (χ2v) is 4.25. The number of nitrogens with zero attached hydrogens (tertiary/aromatic N) is 2. The molecule has 0 saturated heterocycles. The fourth-order valence-electron chi connectivity index (χ4n) is 1.40. The molecule has 0 fully saturated rings. The van der Waals surface area contributed by atoms with Gasteiger partial charge in [-0.1, -0.05) is 0 Å². The Hall–Kier alpha value is -1.63. The van der Waals surface area contributed by atoms with Gasteiger partial charge in [0, 0.05) is 25.4 Å². The van der Waals surface area contributed by atoms with Crippen LogP contribution in [0.5, 0.6) is 0 Å². The summed E-state index contributed by atoms with van der Waals surface area (Å²) in [5.41, 5.74) is -0.187. The molecule has 6 nitrogen and oxygen atoms in total. The van der Waals surface area contributed by atoms with Gasteiger partial charge in [0.15, 0.2) is 0 Å². The quantitative estimate of drug-likeness (QED) is 0.726. The molecule has 0 spiro atoms. The van der Waals surface area contributed by atoms with E-state index in [0.717, 1.165) is 25.2 Å². The van der Waals surface area contributed by atoms with E-state index in [0.29, 0.717) is 10.3 Å². The van der Waals surface area contributed by atoms with Gasteiger partial charge in [-0.25, -0.2) is 9.97 Å². The highest BCUT2D eigenvalue weighted by atomic mass is 79.9. The summed E-state index contributed by atoms with van der Waals surface area (Å²) in [6, 6.07) is 0. The van der Waals surface area contributed by atoms with Crippen LogP contribution in [0.3, 0.4) is 0 Å². The minimum Gasteiger partial charge on any atom is -0.369 e. The molecule has 0 amide bonds. The molecular formula is C10H12BrN5O. The molecule has 0 aromatic carbocycles. The van der Waals surface area contributed by atoms with E-state index in [2.05, 4.69) is 41.2 Å². The highest BCUT2D eigenvalue weighted by Crippen LogP contribution is 2.12. The van der Waals surface area contributed by atoms with Crippen LogP contribution in [0.1, 0.15) is 12.2 Å². The monoisotopic (exact) mass is 297 g/mol. The molecule has 3 N–H and O–H groups in total. The first-order valence-corrected chi connectivity index (χ1v) is 6.02. The standard InChI is InChI=1S/C10H12BrN5O/c11-8-9(15-6-16-10(8)17)14-3-1-2-7-12-4-5-13-7/h4-6H,1-3H2,(H,12,13)(H2,14,15,16,17). The Morgan fingerprint density at radius 3 is 3.00 bits per heavy atom. The number of aromatic amines is 2. The molecule has 0 aliphatic rings. The van der Waals surface area contributed by atoms with Gasteiger partial charge in [0.2, 0.25) is 0 Å². The lowest BCUT2D eigenvalue weighted by atomic mass is 10.3. The third-order valence-electron chi connectivity index (χ3n) is 2.23. The number of aryl methyl sites for hydroxylation is 1. The Morgan fingerprint density at radius 2 is 2.24 bits per heavy atom. The molecule has 0 atom stereocenters. The Labute approximate surface area is 106 Å². The summed E-state index contributed by atoms with van der Waals surface area (Å²) in [6.07, 6.45) is 6.69. The molecule has 0 saturated carbocycles. The van der Waals surface area contributed by atoms with E-state index in [9.17, 15) is 4.79 Å². The summed E-state index contributed by atoms with van der Waals surface area (Å²) in [6.45, 7) is 0.732. The Kier molecular flexibility index (Phi) is 3.92. The van der Waals surface area contributed by atoms with Gasteiger partial charge >= 0.3 is 0 Å². The molecule has 17 heavy (non-hydrogen) atoms. The molecule has 0 radical (unpaired) electrons. The van der Waals surface area contributed by atoms with Crippen molar-refractivity contribution in [3.05, 3.63) is 39.4 Å². The van der Waals surface area contributed by atoms with Crippen LogP contribution in [0.25, 0.3) is 0 Å². The number of H-pyrrole nitrogens is 2. The number of halogens is 1. The van der Waals surface area contributed by atoms with Crippen LogP contribution in [0.2, 0.25) is 0 Å². The number of hydrogen-bond acceptors (Lipinski definition) is 4. The molecular weight excluding hydrogens is 286 g/mol. The molecule has 0 bridgehead atoms. The van der Waals surface area contributed by atoms with Crippen LogP contribution in [0, 0.1) is 0 Å². The summed E-state index contributed by atoms with van der Waals surface area (Å²) in [7, 11) is 0. The van der Waals surface area contributed by atoms with Crippen LogP contribution in [0.4, 0.5) is 5.82 Å². The van der Waals surface area contributed by atoms with Crippen LogP contribution < -0.4 is 10.9 Å². The SMILES string of the molecule is O=c1[nH]cnc(NCCCc2ncc[nH]2)c1Br. The number of hydrogen-bond donors (Lipinski definition) is 3. The van der Waals surface area contributed by atoms with E-state index in [-0.39, 0.29) is 5.56 Å². The van der Waals surface area contributed by atoms with Crippen molar-refractivity contribution in [2.75, 3.05) is 11.9 Å². The van der Waals surface area contributed by atoms with Crippen molar-refractivity contribution in [2.45, 2.75) is 12.8 Å². The third kappa shape index (κ3) is 3.16. The minimum atomic E-state index is -0.187. The molecule has 0 aliphatic carbocycles. The van der Waals surface area contributed by atoms with Crippen molar-refractivity contribution in [3.63, 3.8) is 0 Å². The van der Waals surface area contributed by atoms with Crippen molar-refractivity contribution in [1.82, 2.24) is 19.9 Å². The molecule has 2 aromatic rings. The van der Waals surface area contributed by atoms with Crippen LogP contribution in [-0.4, -0.2) is 26.5 Å². The average molecular weight is 298 g/mol. The normalized spacial score (nSPS) is 10.4. The molecule has 7 heteroatoms. The van der Waals surface area contributed by atoms with Crippen molar-refractivity contribution >= 4 is 21.7 Å². The largest absolute Gasteiger partial charge is 0.369 e. The van der Waals surface area contributed by atoms with Gasteiger partial charge in [0.05, 0.1) is 6.33 Å². The molecule has 90 valence electrons. The lowest BCUT2D eigenvalue weighted by Gasteiger charge is -2.05. The summed E-state index contributed by atoms with van der Waals surface area (Å²) < 4.78 is 0.429. The van der Waals surface area contributed by atoms with Crippen molar-refractivity contribution < 1.29 is 0 Å². The molecule has 2 heterocycles. The van der Waals surface area contributed by atoms with E-state index in [1.54, 1.807) is 12.4 Å². The summed E-state index contributed by atoms with van der Waals surface area (Å²) >= 11 is 3.18. The van der Waals surface area contributed by atoms with E-state index in [1.807, 2.05) is 0 Å². The average Bonchev–Trinajstić information content (AvgIpc) is 2.83. The first-order chi connectivity index (χ1) is 8.27. The van der Waals surface area contributed by atoms with Gasteiger partial charge in [0.25, 0.3) is 5.56 Å². The first-order valence-electron chi connectivity index (χ1n) is 5.22. The molecule has 2 aromatic heterocycles. The molecule has 0 unspecified atom stereocenters. The zero-order chi connectivity index (χ0) is 12.1. The van der Waals surface area contributed by atoms with E-state index >= 15 is 0 Å². The smallest absolute Gasteiger partial charge is 0.267 e. The maximum absolute atomic E-state index is 11.3. The Morgan fingerprint density at radius 1 is 1.35 bits per heavy atom. The number of rotatable bonds is 5. The predicted octanol–water partition coefficient (Wildman–Crippen LogP) is 1.30. The zero-order valence-corrected chi connectivity index (χ0v) is 10.6. The van der Waals surface area contributed by atoms with E-state index in [1.165, 1.54) is 6.33 Å². The first kappa shape index (κ1) is 11.8. The number of imidazole rings is 1. The number of anilines is 1. The fourth-order valence-corrected chi connectivity index (χ4v) is 1.76. The van der Waals surface area contributed by atoms with Gasteiger partial charge in [-0.05, 0) is 22.4 Å². The third-order valence-corrected chi connectivity index (χ3v) is 2.97. The fraction of sp³-hybridized carbons (Fsp3) is 0.300. The van der Waals surface area contributed by atoms with Crippen LogP contribution in [0.15, 0.2) is 28.0 Å². The van der Waals surface area contributed by atoms with Crippen molar-refractivity contribution in [2.24, 2.45) is 0 Å². The van der Waals surface area contributed by atoms with Crippen LogP contribution >= 0.6 is 15.9 Å². The van der Waals surface area contributed by atoms with Crippen molar-refractivity contribution in [1.29, 1.82) is 0 Å². The van der Waals surface area contributed by atoms with Gasteiger partial charge in [-0.2, -0.15) is 0 Å². The lowest BCUT2D eigenvalue weighted by molar-refractivity contribution is 0.812. The number of aromatic nitrogens is 4. The van der Waals surface area contributed by atoms with Gasteiger partial charge in [-0.15, -0.1) is 0 Å². The predicted molar refractivity (Wildman–Crippen MR) is 68.0 cm³/mol. The summed E-state index contributed by atoms with van der Waals surface area (Å²) in [5, 5.41) is 3.10. The summed E-state index contributed by atoms with van der Waals surface area (Å²) in [5.74, 6) is 1.53. The van der Waals surface area contributed by atoms with Gasteiger partial charge in [-0.3, -0.25) is 4.79 Å². The van der Waals surface area contributed by atoms with E-state index < -0.39 is 0 Å². The second kappa shape index (κ2) is 5.62. The highest BCUT2D eigenvalue weighted by Gasteiger charge is 2.03. The summed E-state index contributed by atoms with van der Waals surface area (Å²) in [4.78, 5) is 24.9. The van der Waals surface area contributed by atoms with Gasteiger partial charge < -0.3 is 15.3 Å². The highest BCUT2D eigenvalue weighted by molar-refractivity contribution is 9.10. The molecule has 2 rings (SSSR count). The van der Waals surface area contributed by atoms with Crippen LogP contribution in [-0.2, 0) is 6.42 Å². The Bertz CT molecular complexity index is 522. The zero-order valence-electron chi connectivity index (χ0n) is 9.03. The molecule has 0 aliphatic heterocycles. The Balaban J connectivity index is 1.82. The lowest BCUT2D eigenvalue weighted by Crippen LogP contribution is -2.13.